The molecule has 2 unspecified atom stereocenters. The van der Waals surface area contributed by atoms with E-state index >= 15 is 0 Å². The summed E-state index contributed by atoms with van der Waals surface area (Å²) in [4.78, 5) is 38.2. The van der Waals surface area contributed by atoms with Gasteiger partial charge in [0.25, 0.3) is 0 Å². The zero-order valence-electron chi connectivity index (χ0n) is 19.2. The van der Waals surface area contributed by atoms with Crippen molar-refractivity contribution in [3.8, 4) is 11.1 Å². The van der Waals surface area contributed by atoms with Gasteiger partial charge >= 0.3 is 12.1 Å². The molecule has 2 atom stereocenters. The summed E-state index contributed by atoms with van der Waals surface area (Å²) < 4.78 is 11.1. The lowest BCUT2D eigenvalue weighted by Crippen LogP contribution is -2.48. The quantitative estimate of drug-likeness (QED) is 0.588. The minimum atomic E-state index is -0.954. The second-order valence-electron chi connectivity index (χ2n) is 8.69. The number of aliphatic carboxylic acids is 1. The molecule has 2 N–H and O–H groups in total. The Bertz CT molecular complexity index is 1010. The van der Waals surface area contributed by atoms with Crippen molar-refractivity contribution < 1.29 is 29.0 Å². The Hall–Kier alpha value is -3.39. The molecule has 0 aromatic heterocycles. The SMILES string of the molecule is CCCN(CCC(=O)O)C(=O)C1COCC1NC(=O)OCC1c2ccccc2-c2ccccc21. The first-order valence-electron chi connectivity index (χ1n) is 11.7. The van der Waals surface area contributed by atoms with Gasteiger partial charge in [-0.2, -0.15) is 0 Å². The molecule has 2 aromatic rings. The first-order chi connectivity index (χ1) is 16.5. The number of nitrogens with zero attached hydrogens (tertiary/aromatic N) is 1. The molecule has 2 aromatic carbocycles. The number of alkyl carbamates (subject to hydrolysis) is 1. The Balaban J connectivity index is 1.37. The number of carbonyl (C=O) groups excluding carboxylic acids is 2. The zero-order chi connectivity index (χ0) is 24.1. The van der Waals surface area contributed by atoms with Gasteiger partial charge in [0.15, 0.2) is 0 Å². The molecule has 4 rings (SSSR count). The normalized spacial score (nSPS) is 18.7. The van der Waals surface area contributed by atoms with Crippen molar-refractivity contribution in [2.24, 2.45) is 5.92 Å². The fourth-order valence-corrected chi connectivity index (χ4v) is 4.80. The summed E-state index contributed by atoms with van der Waals surface area (Å²) in [5.74, 6) is -1.78. The molecule has 0 saturated carbocycles. The topological polar surface area (TPSA) is 105 Å². The van der Waals surface area contributed by atoms with Gasteiger partial charge in [0.1, 0.15) is 6.61 Å². The molecule has 34 heavy (non-hydrogen) atoms. The molecule has 180 valence electrons. The minimum Gasteiger partial charge on any atom is -0.481 e. The standard InChI is InChI=1S/C26H30N2O6/c1-2-12-28(13-11-24(29)30)25(31)22-14-33-16-23(22)27-26(32)34-15-21-19-9-5-3-7-17(19)18-8-4-6-10-20(18)21/h3-10,21-23H,2,11-16H2,1H3,(H,27,32)(H,29,30). The van der Waals surface area contributed by atoms with Gasteiger partial charge in [-0.25, -0.2) is 4.79 Å². The second kappa shape index (κ2) is 10.7. The molecule has 2 aliphatic rings. The van der Waals surface area contributed by atoms with Crippen LogP contribution in [0.15, 0.2) is 48.5 Å². The number of carbonyl (C=O) groups is 3. The van der Waals surface area contributed by atoms with Crippen LogP contribution in [0.25, 0.3) is 11.1 Å². The third kappa shape index (κ3) is 5.07. The predicted octanol–water partition coefficient (Wildman–Crippen LogP) is 3.25. The van der Waals surface area contributed by atoms with Crippen molar-refractivity contribution in [1.82, 2.24) is 10.2 Å². The molecule has 1 aliphatic carbocycles. The van der Waals surface area contributed by atoms with E-state index in [0.717, 1.165) is 22.3 Å². The van der Waals surface area contributed by atoms with Gasteiger partial charge in [0.2, 0.25) is 5.91 Å². The molecule has 1 fully saturated rings. The van der Waals surface area contributed by atoms with E-state index in [1.54, 1.807) is 4.90 Å². The van der Waals surface area contributed by atoms with Crippen LogP contribution in [0.1, 0.15) is 36.8 Å². The first-order valence-corrected chi connectivity index (χ1v) is 11.7. The van der Waals surface area contributed by atoms with Crippen LogP contribution in [0.4, 0.5) is 4.79 Å². The van der Waals surface area contributed by atoms with Crippen LogP contribution in [-0.4, -0.2) is 66.9 Å². The fourth-order valence-electron chi connectivity index (χ4n) is 4.80. The third-order valence-electron chi connectivity index (χ3n) is 6.45. The molecule has 0 bridgehead atoms. The lowest BCUT2D eigenvalue weighted by molar-refractivity contribution is -0.140. The Morgan fingerprint density at radius 2 is 1.68 bits per heavy atom. The van der Waals surface area contributed by atoms with E-state index < -0.39 is 24.0 Å². The smallest absolute Gasteiger partial charge is 0.407 e. The lowest BCUT2D eigenvalue weighted by Gasteiger charge is -2.27. The van der Waals surface area contributed by atoms with E-state index in [1.807, 2.05) is 31.2 Å². The van der Waals surface area contributed by atoms with Crippen molar-refractivity contribution >= 4 is 18.0 Å². The number of carboxylic acids is 1. The molecule has 8 nitrogen and oxygen atoms in total. The molecule has 8 heteroatoms. The van der Waals surface area contributed by atoms with E-state index in [1.165, 1.54) is 0 Å². The predicted molar refractivity (Wildman–Crippen MR) is 125 cm³/mol. The van der Waals surface area contributed by atoms with Gasteiger partial charge in [0, 0.05) is 19.0 Å². The molecule has 0 radical (unpaired) electrons. The van der Waals surface area contributed by atoms with Crippen LogP contribution in [0.2, 0.25) is 0 Å². The summed E-state index contributed by atoms with van der Waals surface area (Å²) >= 11 is 0. The minimum absolute atomic E-state index is 0.0496. The molecule has 1 heterocycles. The number of ether oxygens (including phenoxy) is 2. The van der Waals surface area contributed by atoms with Crippen LogP contribution in [0, 0.1) is 5.92 Å². The molecule has 2 amide bonds. The third-order valence-corrected chi connectivity index (χ3v) is 6.45. The Morgan fingerprint density at radius 1 is 1.03 bits per heavy atom. The van der Waals surface area contributed by atoms with E-state index in [2.05, 4.69) is 29.6 Å². The maximum atomic E-state index is 13.0. The van der Waals surface area contributed by atoms with Crippen LogP contribution in [0.5, 0.6) is 0 Å². The number of hydrogen-bond donors (Lipinski definition) is 2. The Kier molecular flexibility index (Phi) is 7.47. The Morgan fingerprint density at radius 3 is 2.29 bits per heavy atom. The average Bonchev–Trinajstić information content (AvgIpc) is 3.42. The summed E-state index contributed by atoms with van der Waals surface area (Å²) in [5.41, 5.74) is 4.56. The van der Waals surface area contributed by atoms with E-state index in [0.29, 0.717) is 13.0 Å². The van der Waals surface area contributed by atoms with Crippen LogP contribution >= 0.6 is 0 Å². The highest BCUT2D eigenvalue weighted by Gasteiger charge is 2.38. The average molecular weight is 467 g/mol. The Labute approximate surface area is 198 Å². The number of carboxylic acid groups (broad SMARTS) is 1. The van der Waals surface area contributed by atoms with E-state index in [9.17, 15) is 14.4 Å². The number of hydrogen-bond acceptors (Lipinski definition) is 5. The molecular formula is C26H30N2O6. The van der Waals surface area contributed by atoms with Gasteiger partial charge < -0.3 is 24.8 Å². The number of amides is 2. The highest BCUT2D eigenvalue weighted by atomic mass is 16.5. The number of nitrogens with one attached hydrogen (secondary N) is 1. The monoisotopic (exact) mass is 466 g/mol. The van der Waals surface area contributed by atoms with Gasteiger partial charge in [0.05, 0.1) is 31.6 Å². The molecule has 1 saturated heterocycles. The fraction of sp³-hybridized carbons (Fsp3) is 0.423. The van der Waals surface area contributed by atoms with E-state index in [-0.39, 0.29) is 44.6 Å². The molecule has 1 aliphatic heterocycles. The summed E-state index contributed by atoms with van der Waals surface area (Å²) in [5, 5.41) is 11.8. The van der Waals surface area contributed by atoms with Gasteiger partial charge in [-0.05, 0) is 28.7 Å². The number of rotatable bonds is 9. The summed E-state index contributed by atoms with van der Waals surface area (Å²) in [6.45, 7) is 3.10. The van der Waals surface area contributed by atoms with Crippen LogP contribution < -0.4 is 5.32 Å². The van der Waals surface area contributed by atoms with Gasteiger partial charge in [-0.3, -0.25) is 9.59 Å². The molecular weight excluding hydrogens is 436 g/mol. The first kappa shape index (κ1) is 23.8. The maximum absolute atomic E-state index is 13.0. The lowest BCUT2D eigenvalue weighted by atomic mass is 9.98. The largest absolute Gasteiger partial charge is 0.481 e. The van der Waals surface area contributed by atoms with Gasteiger partial charge in [-0.15, -0.1) is 0 Å². The highest BCUT2D eigenvalue weighted by Crippen LogP contribution is 2.44. The van der Waals surface area contributed by atoms with Crippen molar-refractivity contribution in [3.05, 3.63) is 59.7 Å². The van der Waals surface area contributed by atoms with Crippen molar-refractivity contribution in [2.45, 2.75) is 31.7 Å². The maximum Gasteiger partial charge on any atom is 0.407 e. The van der Waals surface area contributed by atoms with Crippen LogP contribution in [-0.2, 0) is 19.1 Å². The zero-order valence-corrected chi connectivity index (χ0v) is 19.2. The second-order valence-corrected chi connectivity index (χ2v) is 8.69. The van der Waals surface area contributed by atoms with Crippen molar-refractivity contribution in [1.29, 1.82) is 0 Å². The highest BCUT2D eigenvalue weighted by molar-refractivity contribution is 5.82. The number of benzene rings is 2. The van der Waals surface area contributed by atoms with Crippen molar-refractivity contribution in [2.75, 3.05) is 32.9 Å². The van der Waals surface area contributed by atoms with Crippen molar-refractivity contribution in [3.63, 3.8) is 0 Å². The van der Waals surface area contributed by atoms with Crippen LogP contribution in [0.3, 0.4) is 0 Å². The summed E-state index contributed by atoms with van der Waals surface area (Å²) in [6, 6.07) is 15.7. The summed E-state index contributed by atoms with van der Waals surface area (Å²) in [7, 11) is 0. The van der Waals surface area contributed by atoms with E-state index in [4.69, 9.17) is 14.6 Å². The summed E-state index contributed by atoms with van der Waals surface area (Å²) in [6.07, 6.45) is -0.00421. The number of fused-ring (bicyclic) bond motifs is 3. The van der Waals surface area contributed by atoms with Gasteiger partial charge in [-0.1, -0.05) is 55.5 Å². The molecule has 0 spiro atoms.